The van der Waals surface area contributed by atoms with Gasteiger partial charge in [0.15, 0.2) is 0 Å². The van der Waals surface area contributed by atoms with Crippen LogP contribution in [0, 0.1) is 5.92 Å². The van der Waals surface area contributed by atoms with E-state index in [-0.39, 0.29) is 5.75 Å². The van der Waals surface area contributed by atoms with Crippen LogP contribution in [-0.2, 0) is 10.0 Å². The van der Waals surface area contributed by atoms with Gasteiger partial charge >= 0.3 is 0 Å². The number of hydrogen-bond acceptors (Lipinski definition) is 4. The Morgan fingerprint density at radius 1 is 1.37 bits per heavy atom. The van der Waals surface area contributed by atoms with Crippen molar-refractivity contribution in [2.24, 2.45) is 5.92 Å². The minimum atomic E-state index is -3.15. The van der Waals surface area contributed by atoms with E-state index in [0.717, 1.165) is 4.90 Å². The zero-order chi connectivity index (χ0) is 14.5. The van der Waals surface area contributed by atoms with E-state index in [1.165, 1.54) is 16.1 Å². The highest BCUT2D eigenvalue weighted by Crippen LogP contribution is 2.20. The van der Waals surface area contributed by atoms with Gasteiger partial charge in [-0.3, -0.25) is 0 Å². The first-order chi connectivity index (χ1) is 8.81. The van der Waals surface area contributed by atoms with Crippen molar-refractivity contribution in [2.45, 2.75) is 18.7 Å². The highest BCUT2D eigenvalue weighted by atomic mass is 32.2. The van der Waals surface area contributed by atoms with Crippen molar-refractivity contribution in [3.63, 3.8) is 0 Å². The smallest absolute Gasteiger partial charge is 0.214 e. The van der Waals surface area contributed by atoms with Gasteiger partial charge in [-0.1, -0.05) is 19.9 Å². The Hall–Kier alpha value is -0.720. The van der Waals surface area contributed by atoms with E-state index < -0.39 is 10.0 Å². The van der Waals surface area contributed by atoms with E-state index in [0.29, 0.717) is 23.9 Å². The molecule has 0 saturated heterocycles. The molecule has 19 heavy (non-hydrogen) atoms. The number of thioether (sulfide) groups is 1. The van der Waals surface area contributed by atoms with Gasteiger partial charge in [-0.2, -0.15) is 0 Å². The lowest BCUT2D eigenvalue weighted by atomic mass is 10.2. The zero-order valence-electron chi connectivity index (χ0n) is 11.7. The third-order valence-electron chi connectivity index (χ3n) is 2.57. The fourth-order valence-electron chi connectivity index (χ4n) is 1.65. The molecule has 0 unspecified atom stereocenters. The second-order valence-corrected chi connectivity index (χ2v) is 8.28. The summed E-state index contributed by atoms with van der Waals surface area (Å²) in [5.41, 5.74) is 6.38. The van der Waals surface area contributed by atoms with Crippen LogP contribution in [-0.4, -0.2) is 37.8 Å². The molecule has 0 saturated carbocycles. The zero-order valence-corrected chi connectivity index (χ0v) is 13.3. The van der Waals surface area contributed by atoms with E-state index in [1.54, 1.807) is 7.05 Å². The van der Waals surface area contributed by atoms with Crippen LogP contribution in [0.4, 0.5) is 5.69 Å². The van der Waals surface area contributed by atoms with Crippen LogP contribution in [0.25, 0.3) is 0 Å². The second-order valence-electron chi connectivity index (χ2n) is 4.91. The molecule has 0 fully saturated rings. The van der Waals surface area contributed by atoms with Crippen LogP contribution >= 0.6 is 11.8 Å². The van der Waals surface area contributed by atoms with Crippen molar-refractivity contribution in [3.8, 4) is 0 Å². The summed E-state index contributed by atoms with van der Waals surface area (Å²) in [4.78, 5) is 1.00. The molecule has 0 aliphatic heterocycles. The van der Waals surface area contributed by atoms with Crippen molar-refractivity contribution >= 4 is 27.5 Å². The normalized spacial score (nSPS) is 12.3. The first kappa shape index (κ1) is 16.3. The molecule has 0 amide bonds. The van der Waals surface area contributed by atoms with Gasteiger partial charge < -0.3 is 5.73 Å². The van der Waals surface area contributed by atoms with E-state index in [1.807, 2.05) is 38.1 Å². The summed E-state index contributed by atoms with van der Waals surface area (Å²) < 4.78 is 25.5. The lowest BCUT2D eigenvalue weighted by Crippen LogP contribution is -2.33. The molecular weight excluding hydrogens is 280 g/mol. The Balaban J connectivity index is 2.48. The first-order valence-electron chi connectivity index (χ1n) is 6.23. The number of nitrogens with two attached hydrogens (primary N) is 1. The fraction of sp³-hybridized carbons (Fsp3) is 0.538. The minimum Gasteiger partial charge on any atom is -0.399 e. The largest absolute Gasteiger partial charge is 0.399 e. The summed E-state index contributed by atoms with van der Waals surface area (Å²) in [6.07, 6.45) is 0. The van der Waals surface area contributed by atoms with Crippen molar-refractivity contribution < 1.29 is 8.42 Å². The molecule has 0 radical (unpaired) electrons. The average molecular weight is 302 g/mol. The van der Waals surface area contributed by atoms with Gasteiger partial charge in [0.2, 0.25) is 10.0 Å². The molecule has 0 atom stereocenters. The van der Waals surface area contributed by atoms with Gasteiger partial charge in [-0.15, -0.1) is 11.8 Å². The van der Waals surface area contributed by atoms with Crippen molar-refractivity contribution in [3.05, 3.63) is 24.3 Å². The number of benzene rings is 1. The summed E-state index contributed by atoms with van der Waals surface area (Å²) in [7, 11) is -1.51. The maximum absolute atomic E-state index is 12.0. The fourth-order valence-corrected chi connectivity index (χ4v) is 4.30. The molecule has 0 bridgehead atoms. The molecule has 0 aliphatic carbocycles. The second kappa shape index (κ2) is 7.17. The average Bonchev–Trinajstić information content (AvgIpc) is 2.27. The molecule has 1 aromatic carbocycles. The first-order valence-corrected chi connectivity index (χ1v) is 8.83. The number of rotatable bonds is 7. The highest BCUT2D eigenvalue weighted by Gasteiger charge is 2.18. The van der Waals surface area contributed by atoms with Crippen molar-refractivity contribution in [2.75, 3.05) is 30.8 Å². The lowest BCUT2D eigenvalue weighted by Gasteiger charge is -2.18. The van der Waals surface area contributed by atoms with Crippen LogP contribution in [0.5, 0.6) is 0 Å². The predicted molar refractivity (Wildman–Crippen MR) is 82.8 cm³/mol. The molecule has 1 aromatic rings. The summed E-state index contributed by atoms with van der Waals surface area (Å²) in [5.74, 6) is 1.02. The van der Waals surface area contributed by atoms with E-state index in [2.05, 4.69) is 0 Å². The minimum absolute atomic E-state index is 0.148. The summed E-state index contributed by atoms with van der Waals surface area (Å²) in [6, 6.07) is 7.48. The third kappa shape index (κ3) is 5.84. The highest BCUT2D eigenvalue weighted by molar-refractivity contribution is 8.00. The molecule has 4 nitrogen and oxygen atoms in total. The molecule has 0 spiro atoms. The molecule has 1 rings (SSSR count). The number of sulfonamides is 1. The molecule has 108 valence electrons. The van der Waals surface area contributed by atoms with Gasteiger partial charge in [0.25, 0.3) is 0 Å². The van der Waals surface area contributed by atoms with E-state index in [9.17, 15) is 8.42 Å². The third-order valence-corrected chi connectivity index (χ3v) is 5.64. The molecule has 6 heteroatoms. The summed E-state index contributed by atoms with van der Waals surface area (Å²) in [6.45, 7) is 4.58. The van der Waals surface area contributed by atoms with Gasteiger partial charge in [-0.05, 0) is 24.1 Å². The Bertz CT molecular complexity index is 501. The van der Waals surface area contributed by atoms with Crippen molar-refractivity contribution in [1.82, 2.24) is 4.31 Å². The molecule has 2 N–H and O–H groups in total. The number of hydrogen-bond donors (Lipinski definition) is 1. The lowest BCUT2D eigenvalue weighted by molar-refractivity contribution is 0.418. The predicted octanol–water partition coefficient (Wildman–Crippen LogP) is 2.28. The topological polar surface area (TPSA) is 63.4 Å². The molecule has 0 aromatic heterocycles. The van der Waals surface area contributed by atoms with Crippen molar-refractivity contribution in [1.29, 1.82) is 0 Å². The number of nitrogens with zero attached hydrogens (tertiary/aromatic N) is 1. The van der Waals surface area contributed by atoms with E-state index in [4.69, 9.17) is 5.73 Å². The van der Waals surface area contributed by atoms with E-state index >= 15 is 0 Å². The number of anilines is 1. The molecule has 0 aliphatic rings. The molecule has 0 heterocycles. The summed E-state index contributed by atoms with van der Waals surface area (Å²) in [5, 5.41) is 0. The maximum atomic E-state index is 12.0. The Morgan fingerprint density at radius 3 is 2.63 bits per heavy atom. The maximum Gasteiger partial charge on any atom is 0.214 e. The summed E-state index contributed by atoms with van der Waals surface area (Å²) >= 11 is 1.51. The van der Waals surface area contributed by atoms with Crippen LogP contribution in [0.3, 0.4) is 0 Å². The quantitative estimate of drug-likeness (QED) is 0.620. The van der Waals surface area contributed by atoms with Crippen LogP contribution in [0.15, 0.2) is 29.2 Å². The number of nitrogen functional groups attached to an aromatic ring is 1. The van der Waals surface area contributed by atoms with Crippen LogP contribution in [0.1, 0.15) is 13.8 Å². The Kier molecular flexibility index (Phi) is 6.16. The Labute approximate surface area is 120 Å². The van der Waals surface area contributed by atoms with Crippen LogP contribution in [0.2, 0.25) is 0 Å². The standard InChI is InChI=1S/C13H22N2O2S2/c1-11(2)10-15(3)19(16,17)8-7-18-13-6-4-5-12(14)9-13/h4-6,9,11H,7-8,10,14H2,1-3H3. The van der Waals surface area contributed by atoms with Gasteiger partial charge in [0.1, 0.15) is 0 Å². The monoisotopic (exact) mass is 302 g/mol. The van der Waals surface area contributed by atoms with Crippen LogP contribution < -0.4 is 5.73 Å². The molecular formula is C13H22N2O2S2. The Morgan fingerprint density at radius 2 is 2.05 bits per heavy atom. The van der Waals surface area contributed by atoms with Gasteiger partial charge in [0.05, 0.1) is 5.75 Å². The van der Waals surface area contributed by atoms with Gasteiger partial charge in [-0.25, -0.2) is 12.7 Å². The van der Waals surface area contributed by atoms with Gasteiger partial charge in [0, 0.05) is 29.9 Å². The SMILES string of the molecule is CC(C)CN(C)S(=O)(=O)CCSc1cccc(N)c1.